The van der Waals surface area contributed by atoms with Gasteiger partial charge in [0.15, 0.2) is 0 Å². The highest BCUT2D eigenvalue weighted by molar-refractivity contribution is 14.1. The zero-order valence-electron chi connectivity index (χ0n) is 11.6. The van der Waals surface area contributed by atoms with Crippen LogP contribution < -0.4 is 5.56 Å². The third-order valence-corrected chi connectivity index (χ3v) is 7.15. The van der Waals surface area contributed by atoms with Gasteiger partial charge in [0.1, 0.15) is 9.39 Å². The highest BCUT2D eigenvalue weighted by Crippen LogP contribution is 2.41. The van der Waals surface area contributed by atoms with Crippen LogP contribution >= 0.6 is 46.1 Å². The molecule has 0 spiro atoms. The number of aromatic amines is 1. The molecule has 0 saturated carbocycles. The molecule has 1 aliphatic rings. The predicted octanol–water partition coefficient (Wildman–Crippen LogP) is 3.58. The smallest absolute Gasteiger partial charge is 0.264 e. The number of nitrogens with zero attached hydrogens (tertiary/aromatic N) is 1. The van der Waals surface area contributed by atoms with Crippen molar-refractivity contribution < 1.29 is 0 Å². The van der Waals surface area contributed by atoms with E-state index in [1.807, 2.05) is 23.5 Å². The van der Waals surface area contributed by atoms with E-state index in [1.165, 1.54) is 5.75 Å². The first-order valence-corrected chi connectivity index (χ1v) is 9.51. The summed E-state index contributed by atoms with van der Waals surface area (Å²) < 4.78 is 0.718. The highest BCUT2D eigenvalue weighted by atomic mass is 127. The topological polar surface area (TPSA) is 45.8 Å². The summed E-state index contributed by atoms with van der Waals surface area (Å²) in [5.41, 5.74) is 0.809. The number of hydrogen-bond donors (Lipinski definition) is 1. The molecule has 1 saturated heterocycles. The summed E-state index contributed by atoms with van der Waals surface area (Å²) >= 11 is 5.97. The minimum absolute atomic E-state index is 0.00102. The Morgan fingerprint density at radius 1 is 1.32 bits per heavy atom. The van der Waals surface area contributed by atoms with E-state index in [1.54, 1.807) is 0 Å². The minimum Gasteiger partial charge on any atom is -0.309 e. The van der Waals surface area contributed by atoms with E-state index in [4.69, 9.17) is 4.98 Å². The summed E-state index contributed by atoms with van der Waals surface area (Å²) in [4.78, 5) is 19.9. The standard InChI is InChI=1S/C13H19IN2OS2/c1-7-9(19-6-5-18-7)11-15-10(13(2,3)4)8(14)12(17)16-11/h7,9H,5-6H2,1-4H3,(H,15,16,17). The largest absolute Gasteiger partial charge is 0.309 e. The van der Waals surface area contributed by atoms with E-state index in [0.29, 0.717) is 10.5 Å². The first kappa shape index (κ1) is 15.7. The molecule has 1 aromatic rings. The normalized spacial score (nSPS) is 24.5. The molecule has 0 amide bonds. The Labute approximate surface area is 136 Å². The summed E-state index contributed by atoms with van der Waals surface area (Å²) in [5, 5.41) is 0.791. The molecule has 106 valence electrons. The summed E-state index contributed by atoms with van der Waals surface area (Å²) in [5.74, 6) is 3.16. The maximum Gasteiger partial charge on any atom is 0.264 e. The zero-order valence-corrected chi connectivity index (χ0v) is 15.4. The highest BCUT2D eigenvalue weighted by Gasteiger charge is 2.29. The summed E-state index contributed by atoms with van der Waals surface area (Å²) in [6.45, 7) is 8.53. The van der Waals surface area contributed by atoms with E-state index >= 15 is 0 Å². The van der Waals surface area contributed by atoms with Crippen LogP contribution in [0.1, 0.15) is 44.5 Å². The molecule has 1 aliphatic heterocycles. The van der Waals surface area contributed by atoms with Crippen LogP contribution in [-0.2, 0) is 5.41 Å². The SMILES string of the molecule is CC1SCCSC1c1nc(C(C)(C)C)c(I)c(=O)[nH]1. The van der Waals surface area contributed by atoms with Gasteiger partial charge in [0.05, 0.1) is 10.9 Å². The molecule has 1 N–H and O–H groups in total. The van der Waals surface area contributed by atoms with Gasteiger partial charge in [-0.1, -0.05) is 27.7 Å². The van der Waals surface area contributed by atoms with Gasteiger partial charge in [-0.3, -0.25) is 4.79 Å². The van der Waals surface area contributed by atoms with Crippen molar-refractivity contribution in [1.82, 2.24) is 9.97 Å². The van der Waals surface area contributed by atoms with Gasteiger partial charge in [0.25, 0.3) is 5.56 Å². The quantitative estimate of drug-likeness (QED) is 0.719. The average molecular weight is 410 g/mol. The second-order valence-electron chi connectivity index (χ2n) is 5.73. The molecule has 19 heavy (non-hydrogen) atoms. The second kappa shape index (κ2) is 5.97. The molecule has 0 radical (unpaired) electrons. The van der Waals surface area contributed by atoms with Crippen molar-refractivity contribution in [3.8, 4) is 0 Å². The van der Waals surface area contributed by atoms with Crippen molar-refractivity contribution in [3.05, 3.63) is 25.4 Å². The monoisotopic (exact) mass is 410 g/mol. The van der Waals surface area contributed by atoms with Crippen molar-refractivity contribution in [1.29, 1.82) is 0 Å². The minimum atomic E-state index is -0.102. The molecule has 0 bridgehead atoms. The van der Waals surface area contributed by atoms with Gasteiger partial charge in [-0.25, -0.2) is 4.98 Å². The van der Waals surface area contributed by atoms with Crippen molar-refractivity contribution in [2.75, 3.05) is 11.5 Å². The number of thioether (sulfide) groups is 2. The van der Waals surface area contributed by atoms with Gasteiger partial charge in [-0.05, 0) is 22.6 Å². The molecule has 0 aromatic carbocycles. The van der Waals surface area contributed by atoms with Crippen LogP contribution in [0.25, 0.3) is 0 Å². The van der Waals surface area contributed by atoms with Crippen molar-refractivity contribution in [2.45, 2.75) is 43.6 Å². The molecule has 2 heterocycles. The lowest BCUT2D eigenvalue weighted by Gasteiger charge is -2.28. The van der Waals surface area contributed by atoms with E-state index in [2.05, 4.69) is 55.3 Å². The van der Waals surface area contributed by atoms with E-state index in [9.17, 15) is 4.79 Å². The van der Waals surface area contributed by atoms with Crippen molar-refractivity contribution in [3.63, 3.8) is 0 Å². The van der Waals surface area contributed by atoms with Crippen LogP contribution in [0.2, 0.25) is 0 Å². The molecule has 2 unspecified atom stereocenters. The lowest BCUT2D eigenvalue weighted by Crippen LogP contribution is -2.28. The van der Waals surface area contributed by atoms with Crippen molar-refractivity contribution >= 4 is 46.1 Å². The second-order valence-corrected chi connectivity index (χ2v) is 9.54. The van der Waals surface area contributed by atoms with Crippen LogP contribution in [0, 0.1) is 3.57 Å². The number of nitrogens with one attached hydrogen (secondary N) is 1. The Hall–Kier alpha value is 0.310. The van der Waals surface area contributed by atoms with Gasteiger partial charge in [0, 0.05) is 22.2 Å². The molecule has 0 aliphatic carbocycles. The Morgan fingerprint density at radius 3 is 2.53 bits per heavy atom. The Kier molecular flexibility index (Phi) is 4.93. The van der Waals surface area contributed by atoms with Gasteiger partial charge in [0.2, 0.25) is 0 Å². The summed E-state index contributed by atoms with van der Waals surface area (Å²) in [7, 11) is 0. The molecular weight excluding hydrogens is 391 g/mol. The van der Waals surface area contributed by atoms with Crippen LogP contribution in [0.15, 0.2) is 4.79 Å². The fraction of sp³-hybridized carbons (Fsp3) is 0.692. The average Bonchev–Trinajstić information content (AvgIpc) is 2.31. The first-order chi connectivity index (χ1) is 8.80. The van der Waals surface area contributed by atoms with Crippen LogP contribution in [0.3, 0.4) is 0 Å². The first-order valence-electron chi connectivity index (χ1n) is 6.34. The van der Waals surface area contributed by atoms with Gasteiger partial charge < -0.3 is 4.98 Å². The van der Waals surface area contributed by atoms with Crippen LogP contribution in [0.5, 0.6) is 0 Å². The van der Waals surface area contributed by atoms with Crippen molar-refractivity contribution in [2.24, 2.45) is 0 Å². The van der Waals surface area contributed by atoms with Gasteiger partial charge in [-0.15, -0.1) is 11.8 Å². The third-order valence-electron chi connectivity index (χ3n) is 3.05. The maximum atomic E-state index is 12.1. The molecule has 1 fully saturated rings. The molecular formula is C13H19IN2OS2. The molecule has 1 aromatic heterocycles. The Balaban J connectivity index is 2.47. The number of hydrogen-bond acceptors (Lipinski definition) is 4. The van der Waals surface area contributed by atoms with E-state index in [0.717, 1.165) is 20.8 Å². The lowest BCUT2D eigenvalue weighted by molar-refractivity contribution is 0.554. The fourth-order valence-corrected chi connectivity index (χ4v) is 5.82. The molecule has 2 atom stereocenters. The summed E-state index contributed by atoms with van der Waals surface area (Å²) in [6, 6.07) is 0. The number of aromatic nitrogens is 2. The Morgan fingerprint density at radius 2 is 1.95 bits per heavy atom. The molecule has 3 nitrogen and oxygen atoms in total. The molecule has 2 rings (SSSR count). The van der Waals surface area contributed by atoms with E-state index in [-0.39, 0.29) is 11.0 Å². The van der Waals surface area contributed by atoms with Crippen LogP contribution in [-0.4, -0.2) is 26.7 Å². The lowest BCUT2D eigenvalue weighted by atomic mass is 9.92. The third kappa shape index (κ3) is 3.50. The predicted molar refractivity (Wildman–Crippen MR) is 93.4 cm³/mol. The Bertz CT molecular complexity index is 524. The fourth-order valence-electron chi connectivity index (χ4n) is 2.04. The number of H-pyrrole nitrogens is 1. The zero-order chi connectivity index (χ0) is 14.2. The molecule has 6 heteroatoms. The van der Waals surface area contributed by atoms with Crippen LogP contribution in [0.4, 0.5) is 0 Å². The maximum absolute atomic E-state index is 12.1. The van der Waals surface area contributed by atoms with Gasteiger partial charge in [-0.2, -0.15) is 11.8 Å². The summed E-state index contributed by atoms with van der Waals surface area (Å²) in [6.07, 6.45) is 0. The van der Waals surface area contributed by atoms with Gasteiger partial charge >= 0.3 is 0 Å². The van der Waals surface area contributed by atoms with E-state index < -0.39 is 0 Å². The number of rotatable bonds is 1. The number of halogens is 1.